The third-order valence-corrected chi connectivity index (χ3v) is 5.56. The van der Waals surface area contributed by atoms with Crippen LogP contribution >= 0.6 is 0 Å². The molecular formula is C27H30O6. The maximum Gasteiger partial charge on any atom is 0.330 e. The Hall–Kier alpha value is -3.54. The van der Waals surface area contributed by atoms with Crippen molar-refractivity contribution in [3.05, 3.63) is 72.8 Å². The minimum Gasteiger partial charge on any atom is -0.493 e. The zero-order chi connectivity index (χ0) is 23.8. The van der Waals surface area contributed by atoms with Crippen LogP contribution in [0.4, 0.5) is 0 Å². The molecule has 0 bridgehead atoms. The fourth-order valence-corrected chi connectivity index (χ4v) is 3.84. The third-order valence-electron chi connectivity index (χ3n) is 5.56. The van der Waals surface area contributed by atoms with Gasteiger partial charge in [-0.2, -0.15) is 0 Å². The number of carbonyl (C=O) groups excluding carboxylic acids is 2. The number of fused-ring (bicyclic) bond motifs is 3. The number of ether oxygens (including phenoxy) is 4. The van der Waals surface area contributed by atoms with E-state index in [0.29, 0.717) is 39.3 Å². The van der Waals surface area contributed by atoms with Crippen molar-refractivity contribution in [2.75, 3.05) is 26.4 Å². The van der Waals surface area contributed by atoms with E-state index in [1.54, 1.807) is 0 Å². The number of carbonyl (C=O) groups is 2. The van der Waals surface area contributed by atoms with E-state index < -0.39 is 11.9 Å². The predicted octanol–water partition coefficient (Wildman–Crippen LogP) is 4.99. The zero-order valence-electron chi connectivity index (χ0n) is 19.2. The molecule has 3 rings (SSSR count). The predicted molar refractivity (Wildman–Crippen MR) is 127 cm³/mol. The molecule has 0 unspecified atom stereocenters. The van der Waals surface area contributed by atoms with Gasteiger partial charge < -0.3 is 18.9 Å². The maximum atomic E-state index is 11.1. The highest BCUT2D eigenvalue weighted by atomic mass is 16.5. The minimum atomic E-state index is -0.425. The van der Waals surface area contributed by atoms with Gasteiger partial charge in [0.2, 0.25) is 0 Å². The lowest BCUT2D eigenvalue weighted by molar-refractivity contribution is -0.138. The second-order valence-corrected chi connectivity index (χ2v) is 8.19. The largest absolute Gasteiger partial charge is 0.493 e. The molecule has 0 saturated carbocycles. The monoisotopic (exact) mass is 450 g/mol. The van der Waals surface area contributed by atoms with Gasteiger partial charge in [-0.05, 0) is 46.5 Å². The Kier molecular flexibility index (Phi) is 7.93. The Balaban J connectivity index is 1.60. The maximum absolute atomic E-state index is 11.1. The number of esters is 2. The normalized spacial score (nSPS) is 12.8. The molecule has 0 amide bonds. The first-order valence-electron chi connectivity index (χ1n) is 11.0. The van der Waals surface area contributed by atoms with Crippen LogP contribution in [0.1, 0.15) is 37.8 Å². The average Bonchev–Trinajstić information content (AvgIpc) is 3.04. The van der Waals surface area contributed by atoms with Gasteiger partial charge in [-0.1, -0.05) is 39.1 Å². The molecule has 0 heterocycles. The van der Waals surface area contributed by atoms with Gasteiger partial charge >= 0.3 is 11.9 Å². The topological polar surface area (TPSA) is 71.1 Å². The molecule has 6 heteroatoms. The van der Waals surface area contributed by atoms with E-state index in [1.807, 2.05) is 12.1 Å². The van der Waals surface area contributed by atoms with E-state index >= 15 is 0 Å². The highest BCUT2D eigenvalue weighted by molar-refractivity contribution is 5.82. The molecule has 0 spiro atoms. The summed E-state index contributed by atoms with van der Waals surface area (Å²) >= 11 is 0. The summed E-state index contributed by atoms with van der Waals surface area (Å²) in [5.41, 5.74) is 4.56. The molecule has 2 aromatic carbocycles. The lowest BCUT2D eigenvalue weighted by Crippen LogP contribution is -2.15. The average molecular weight is 451 g/mol. The molecule has 0 fully saturated rings. The Morgan fingerprint density at radius 2 is 1.18 bits per heavy atom. The number of benzene rings is 2. The van der Waals surface area contributed by atoms with E-state index in [9.17, 15) is 9.59 Å². The smallest absolute Gasteiger partial charge is 0.330 e. The van der Waals surface area contributed by atoms with Gasteiger partial charge in [0.05, 0.1) is 26.4 Å². The zero-order valence-corrected chi connectivity index (χ0v) is 19.2. The van der Waals surface area contributed by atoms with Crippen molar-refractivity contribution in [1.82, 2.24) is 0 Å². The molecule has 1 aliphatic carbocycles. The van der Waals surface area contributed by atoms with Crippen LogP contribution in [0, 0.1) is 0 Å². The van der Waals surface area contributed by atoms with Crippen molar-refractivity contribution in [3.63, 3.8) is 0 Å². The van der Waals surface area contributed by atoms with Crippen molar-refractivity contribution in [1.29, 1.82) is 0 Å². The first-order valence-corrected chi connectivity index (χ1v) is 11.0. The Labute approximate surface area is 194 Å². The van der Waals surface area contributed by atoms with Crippen molar-refractivity contribution in [2.45, 2.75) is 32.1 Å². The lowest BCUT2D eigenvalue weighted by Gasteiger charge is -2.22. The first kappa shape index (κ1) is 24.1. The van der Waals surface area contributed by atoms with Crippen LogP contribution in [-0.4, -0.2) is 38.4 Å². The van der Waals surface area contributed by atoms with E-state index in [1.165, 1.54) is 22.3 Å². The van der Waals surface area contributed by atoms with Crippen molar-refractivity contribution in [3.8, 4) is 22.6 Å². The Morgan fingerprint density at radius 1 is 0.758 bits per heavy atom. The van der Waals surface area contributed by atoms with Crippen molar-refractivity contribution >= 4 is 11.9 Å². The summed E-state index contributed by atoms with van der Waals surface area (Å²) in [4.78, 5) is 22.2. The van der Waals surface area contributed by atoms with Crippen LogP contribution in [-0.2, 0) is 24.5 Å². The summed E-state index contributed by atoms with van der Waals surface area (Å²) in [5, 5.41) is 0. The van der Waals surface area contributed by atoms with Crippen LogP contribution in [0.3, 0.4) is 0 Å². The summed E-state index contributed by atoms with van der Waals surface area (Å²) in [6, 6.07) is 12.3. The molecule has 0 atom stereocenters. The van der Waals surface area contributed by atoms with Gasteiger partial charge in [0.25, 0.3) is 0 Å². The second kappa shape index (κ2) is 10.9. The minimum absolute atomic E-state index is 0.206. The lowest BCUT2D eigenvalue weighted by atomic mass is 9.82. The van der Waals surface area contributed by atoms with Crippen LogP contribution in [0.25, 0.3) is 11.1 Å². The van der Waals surface area contributed by atoms with Crippen LogP contribution in [0.2, 0.25) is 0 Å². The Morgan fingerprint density at radius 3 is 1.58 bits per heavy atom. The molecule has 0 aliphatic heterocycles. The Bertz CT molecular complexity index is 955. The van der Waals surface area contributed by atoms with E-state index in [-0.39, 0.29) is 5.41 Å². The molecule has 0 radical (unpaired) electrons. The molecule has 33 heavy (non-hydrogen) atoms. The van der Waals surface area contributed by atoms with Crippen molar-refractivity contribution in [2.24, 2.45) is 0 Å². The van der Waals surface area contributed by atoms with Gasteiger partial charge in [-0.25, -0.2) is 9.59 Å². The van der Waals surface area contributed by atoms with Gasteiger partial charge in [0.1, 0.15) is 11.5 Å². The van der Waals surface area contributed by atoms with Crippen LogP contribution in [0.15, 0.2) is 61.7 Å². The van der Waals surface area contributed by atoms with E-state index in [4.69, 9.17) is 18.9 Å². The van der Waals surface area contributed by atoms with Gasteiger partial charge in [0, 0.05) is 30.4 Å². The summed E-state index contributed by atoms with van der Waals surface area (Å²) in [5.74, 6) is 0.725. The summed E-state index contributed by atoms with van der Waals surface area (Å²) in [6.07, 6.45) is 3.51. The standard InChI is InChI=1S/C27H30O6/c1-5-25(28)32-15-7-13-30-19-9-11-21-22-12-10-20(31-14-8-16-33-26(29)6-2)18-24(22)27(3,4)23(21)17-19/h5-6,9-12,17-18H,1-2,7-8,13-16H2,3-4H3. The van der Waals surface area contributed by atoms with E-state index in [2.05, 4.69) is 51.3 Å². The second-order valence-electron chi connectivity index (χ2n) is 8.19. The summed E-state index contributed by atoms with van der Waals surface area (Å²) in [6.45, 7) is 12.6. The first-order chi connectivity index (χ1) is 15.9. The summed E-state index contributed by atoms with van der Waals surface area (Å²) < 4.78 is 21.7. The highest BCUT2D eigenvalue weighted by Gasteiger charge is 2.36. The third kappa shape index (κ3) is 5.83. The molecule has 6 nitrogen and oxygen atoms in total. The number of hydrogen-bond acceptors (Lipinski definition) is 6. The van der Waals surface area contributed by atoms with Crippen molar-refractivity contribution < 1.29 is 28.5 Å². The molecule has 0 aromatic heterocycles. The highest BCUT2D eigenvalue weighted by Crippen LogP contribution is 2.50. The molecule has 174 valence electrons. The van der Waals surface area contributed by atoms with Crippen LogP contribution in [0.5, 0.6) is 11.5 Å². The quantitative estimate of drug-likeness (QED) is 0.258. The van der Waals surface area contributed by atoms with Gasteiger partial charge in [-0.15, -0.1) is 0 Å². The van der Waals surface area contributed by atoms with Gasteiger partial charge in [-0.3, -0.25) is 0 Å². The molecule has 0 saturated heterocycles. The fourth-order valence-electron chi connectivity index (χ4n) is 3.84. The molecule has 2 aromatic rings. The van der Waals surface area contributed by atoms with Gasteiger partial charge in [0.15, 0.2) is 0 Å². The molecule has 0 N–H and O–H groups in total. The fraction of sp³-hybridized carbons (Fsp3) is 0.333. The summed E-state index contributed by atoms with van der Waals surface area (Å²) in [7, 11) is 0. The van der Waals surface area contributed by atoms with E-state index in [0.717, 1.165) is 23.7 Å². The number of hydrogen-bond donors (Lipinski definition) is 0. The molecule has 1 aliphatic rings. The van der Waals surface area contributed by atoms with Crippen LogP contribution < -0.4 is 9.47 Å². The SMILES string of the molecule is C=CC(=O)OCCCOc1ccc2c(c1)C(C)(C)c1cc(OCCCOC(=O)C=C)ccc1-2. The number of rotatable bonds is 12. The molecular weight excluding hydrogens is 420 g/mol.